The van der Waals surface area contributed by atoms with E-state index in [2.05, 4.69) is 35.9 Å². The molecular formula is C22H24ClN7. The molecule has 4 rings (SSSR count). The summed E-state index contributed by atoms with van der Waals surface area (Å²) in [5.41, 5.74) is 4.04. The van der Waals surface area contributed by atoms with Crippen LogP contribution in [0.3, 0.4) is 0 Å². The highest BCUT2D eigenvalue weighted by Gasteiger charge is 2.14. The summed E-state index contributed by atoms with van der Waals surface area (Å²) in [4.78, 5) is 2.12. The van der Waals surface area contributed by atoms with Gasteiger partial charge in [0.2, 0.25) is 0 Å². The zero-order valence-corrected chi connectivity index (χ0v) is 18.0. The predicted molar refractivity (Wildman–Crippen MR) is 124 cm³/mol. The van der Waals surface area contributed by atoms with Crippen molar-refractivity contribution in [1.29, 1.82) is 0 Å². The molecule has 8 heteroatoms. The third-order valence-electron chi connectivity index (χ3n) is 4.84. The molecule has 0 unspecified atom stereocenters. The molecule has 0 spiro atoms. The molecule has 0 aliphatic heterocycles. The molecule has 2 aromatic heterocycles. The summed E-state index contributed by atoms with van der Waals surface area (Å²) < 4.78 is 0. The smallest absolute Gasteiger partial charge is 0.161 e. The fraction of sp³-hybridized carbons (Fsp3) is 0.227. The SMILES string of the molecule is Cc1cc(Cl)ccc1-c1cc(Nc2n[nH]c3ccccc23)nnc1NCCN(C)C. The van der Waals surface area contributed by atoms with Crippen molar-refractivity contribution in [3.8, 4) is 11.1 Å². The van der Waals surface area contributed by atoms with Crippen molar-refractivity contribution in [2.75, 3.05) is 37.8 Å². The molecule has 4 aromatic rings. The van der Waals surface area contributed by atoms with E-state index < -0.39 is 0 Å². The zero-order chi connectivity index (χ0) is 21.1. The van der Waals surface area contributed by atoms with Crippen LogP contribution in [0.25, 0.3) is 22.0 Å². The van der Waals surface area contributed by atoms with Gasteiger partial charge in [0.15, 0.2) is 17.5 Å². The van der Waals surface area contributed by atoms with Crippen LogP contribution in [0.4, 0.5) is 17.5 Å². The number of nitrogens with one attached hydrogen (secondary N) is 3. The summed E-state index contributed by atoms with van der Waals surface area (Å²) in [5.74, 6) is 2.07. The van der Waals surface area contributed by atoms with Gasteiger partial charge in [0.1, 0.15) is 0 Å². The molecule has 0 saturated carbocycles. The van der Waals surface area contributed by atoms with E-state index in [9.17, 15) is 0 Å². The molecule has 0 bridgehead atoms. The lowest BCUT2D eigenvalue weighted by Gasteiger charge is -2.16. The van der Waals surface area contributed by atoms with Crippen molar-refractivity contribution in [2.24, 2.45) is 0 Å². The van der Waals surface area contributed by atoms with Crippen LogP contribution in [-0.4, -0.2) is 52.5 Å². The highest BCUT2D eigenvalue weighted by Crippen LogP contribution is 2.33. The van der Waals surface area contributed by atoms with Crippen molar-refractivity contribution >= 4 is 40.0 Å². The lowest BCUT2D eigenvalue weighted by Crippen LogP contribution is -2.21. The molecule has 2 aromatic carbocycles. The first kappa shape index (κ1) is 20.1. The van der Waals surface area contributed by atoms with E-state index in [1.165, 1.54) is 0 Å². The van der Waals surface area contributed by atoms with E-state index in [1.807, 2.05) is 69.6 Å². The second-order valence-corrected chi connectivity index (χ2v) is 7.86. The Hall–Kier alpha value is -3.16. The number of para-hydroxylation sites is 1. The number of nitrogens with zero attached hydrogens (tertiary/aromatic N) is 4. The van der Waals surface area contributed by atoms with Gasteiger partial charge in [-0.15, -0.1) is 10.2 Å². The largest absolute Gasteiger partial charge is 0.367 e. The molecule has 0 aliphatic carbocycles. The van der Waals surface area contributed by atoms with Crippen LogP contribution in [-0.2, 0) is 0 Å². The van der Waals surface area contributed by atoms with Gasteiger partial charge in [0.05, 0.1) is 5.52 Å². The first-order valence-corrected chi connectivity index (χ1v) is 10.1. The van der Waals surface area contributed by atoms with E-state index in [-0.39, 0.29) is 0 Å². The Balaban J connectivity index is 1.70. The Labute approximate surface area is 180 Å². The number of hydrogen-bond acceptors (Lipinski definition) is 6. The molecule has 0 radical (unpaired) electrons. The minimum atomic E-state index is 0.620. The Bertz CT molecular complexity index is 1170. The van der Waals surface area contributed by atoms with Gasteiger partial charge in [-0.1, -0.05) is 29.8 Å². The van der Waals surface area contributed by atoms with Gasteiger partial charge < -0.3 is 15.5 Å². The zero-order valence-electron chi connectivity index (χ0n) is 17.2. The second-order valence-electron chi connectivity index (χ2n) is 7.42. The van der Waals surface area contributed by atoms with Crippen molar-refractivity contribution in [1.82, 2.24) is 25.3 Å². The predicted octanol–water partition coefficient (Wildman–Crippen LogP) is 4.70. The Kier molecular flexibility index (Phi) is 5.83. The molecule has 30 heavy (non-hydrogen) atoms. The Morgan fingerprint density at radius 1 is 1.00 bits per heavy atom. The number of hydrogen-bond donors (Lipinski definition) is 3. The molecule has 7 nitrogen and oxygen atoms in total. The molecule has 0 fully saturated rings. The van der Waals surface area contributed by atoms with Crippen LogP contribution in [0.5, 0.6) is 0 Å². The number of likely N-dealkylation sites (N-methyl/N-ethyl adjacent to an activating group) is 1. The highest BCUT2D eigenvalue weighted by atomic mass is 35.5. The second kappa shape index (κ2) is 8.69. The number of aryl methyl sites for hydroxylation is 1. The summed E-state index contributed by atoms with van der Waals surface area (Å²) in [5, 5.41) is 24.6. The van der Waals surface area contributed by atoms with E-state index >= 15 is 0 Å². The quantitative estimate of drug-likeness (QED) is 0.401. The van der Waals surface area contributed by atoms with E-state index in [1.54, 1.807) is 0 Å². The number of rotatable bonds is 7. The summed E-state index contributed by atoms with van der Waals surface area (Å²) in [6.07, 6.45) is 0. The monoisotopic (exact) mass is 421 g/mol. The molecule has 3 N–H and O–H groups in total. The number of anilines is 3. The van der Waals surface area contributed by atoms with Gasteiger partial charge in [0, 0.05) is 29.1 Å². The lowest BCUT2D eigenvalue weighted by molar-refractivity contribution is 0.425. The normalized spacial score (nSPS) is 11.2. The van der Waals surface area contributed by atoms with Gasteiger partial charge >= 0.3 is 0 Å². The minimum Gasteiger partial charge on any atom is -0.367 e. The average Bonchev–Trinajstić information content (AvgIpc) is 3.12. The van der Waals surface area contributed by atoms with Gasteiger partial charge in [-0.05, 0) is 62.5 Å². The van der Waals surface area contributed by atoms with Gasteiger partial charge in [-0.25, -0.2) is 0 Å². The van der Waals surface area contributed by atoms with Crippen molar-refractivity contribution in [2.45, 2.75) is 6.92 Å². The molecule has 0 amide bonds. The van der Waals surface area contributed by atoms with Crippen LogP contribution in [0.15, 0.2) is 48.5 Å². The first-order chi connectivity index (χ1) is 14.5. The van der Waals surface area contributed by atoms with Crippen LogP contribution < -0.4 is 10.6 Å². The number of benzene rings is 2. The van der Waals surface area contributed by atoms with Crippen molar-refractivity contribution < 1.29 is 0 Å². The minimum absolute atomic E-state index is 0.620. The number of aromatic amines is 1. The highest BCUT2D eigenvalue weighted by molar-refractivity contribution is 6.30. The number of H-pyrrole nitrogens is 1. The molecule has 0 aliphatic rings. The Morgan fingerprint density at radius 3 is 2.63 bits per heavy atom. The van der Waals surface area contributed by atoms with Crippen LogP contribution >= 0.6 is 11.6 Å². The number of fused-ring (bicyclic) bond motifs is 1. The number of aromatic nitrogens is 4. The third kappa shape index (κ3) is 4.37. The van der Waals surface area contributed by atoms with Crippen molar-refractivity contribution in [3.63, 3.8) is 0 Å². The van der Waals surface area contributed by atoms with Crippen molar-refractivity contribution in [3.05, 3.63) is 59.1 Å². The van der Waals surface area contributed by atoms with Crippen LogP contribution in [0, 0.1) is 6.92 Å². The van der Waals surface area contributed by atoms with Gasteiger partial charge in [-0.2, -0.15) is 5.10 Å². The summed E-state index contributed by atoms with van der Waals surface area (Å²) in [7, 11) is 4.08. The van der Waals surface area contributed by atoms with E-state index in [4.69, 9.17) is 11.6 Å². The molecule has 154 valence electrons. The molecule has 0 atom stereocenters. The average molecular weight is 422 g/mol. The van der Waals surface area contributed by atoms with E-state index in [0.717, 1.165) is 46.5 Å². The number of halogens is 1. The molecule has 0 saturated heterocycles. The maximum absolute atomic E-state index is 6.17. The molecule has 2 heterocycles. The topological polar surface area (TPSA) is 81.8 Å². The fourth-order valence-corrected chi connectivity index (χ4v) is 3.52. The standard InChI is InChI=1S/C22H24ClN7/c1-14-12-15(23)8-9-16(14)18-13-20(27-28-21(18)24-10-11-30(2)3)25-22-17-6-4-5-7-19(17)26-29-22/h4-9,12-13H,10-11H2,1-3H3,(H,24,28)(H2,25,26,27,29). The van der Waals surface area contributed by atoms with Crippen LogP contribution in [0.1, 0.15) is 5.56 Å². The van der Waals surface area contributed by atoms with Gasteiger partial charge in [0.25, 0.3) is 0 Å². The molecular weight excluding hydrogens is 398 g/mol. The van der Waals surface area contributed by atoms with Gasteiger partial charge in [-0.3, -0.25) is 5.10 Å². The fourth-order valence-electron chi connectivity index (χ4n) is 3.30. The maximum Gasteiger partial charge on any atom is 0.161 e. The Morgan fingerprint density at radius 2 is 1.83 bits per heavy atom. The van der Waals surface area contributed by atoms with E-state index in [0.29, 0.717) is 16.7 Å². The summed E-state index contributed by atoms with van der Waals surface area (Å²) >= 11 is 6.17. The summed E-state index contributed by atoms with van der Waals surface area (Å²) in [6, 6.07) is 15.8. The lowest BCUT2D eigenvalue weighted by atomic mass is 10.0. The maximum atomic E-state index is 6.17. The third-order valence-corrected chi connectivity index (χ3v) is 5.08. The first-order valence-electron chi connectivity index (χ1n) is 9.74. The summed E-state index contributed by atoms with van der Waals surface area (Å²) in [6.45, 7) is 3.69. The van der Waals surface area contributed by atoms with Crippen LogP contribution in [0.2, 0.25) is 5.02 Å².